The fraction of sp³-hybridized carbons (Fsp3) is 0.600. The first-order valence-electron chi connectivity index (χ1n) is 9.52. The van der Waals surface area contributed by atoms with Crippen molar-refractivity contribution in [1.82, 2.24) is 5.32 Å². The van der Waals surface area contributed by atoms with Crippen LogP contribution >= 0.6 is 0 Å². The summed E-state index contributed by atoms with van der Waals surface area (Å²) in [6.07, 6.45) is -8.73. The van der Waals surface area contributed by atoms with E-state index in [9.17, 15) is 30.0 Å². The first kappa shape index (κ1) is 24.0. The normalized spacial score (nSPS) is 27.8. The van der Waals surface area contributed by atoms with E-state index in [0.29, 0.717) is 0 Å². The zero-order chi connectivity index (χ0) is 22.5. The zero-order valence-corrected chi connectivity index (χ0v) is 17.1. The molecule has 1 aliphatic heterocycles. The number of amides is 1. The van der Waals surface area contributed by atoms with Crippen LogP contribution in [0.4, 0.5) is 4.79 Å². The van der Waals surface area contributed by atoms with Gasteiger partial charge in [0.25, 0.3) is 0 Å². The van der Waals surface area contributed by atoms with Gasteiger partial charge in [0, 0.05) is 0 Å². The van der Waals surface area contributed by atoms with Crippen molar-refractivity contribution in [3.8, 4) is 0 Å². The fourth-order valence-electron chi connectivity index (χ4n) is 2.83. The Balaban J connectivity index is 1.92. The largest absolute Gasteiger partial charge is 0.461 e. The van der Waals surface area contributed by atoms with Crippen LogP contribution in [0, 0.1) is 5.41 Å². The number of ether oxygens (including phenoxy) is 3. The smallest absolute Gasteiger partial charge is 0.408 e. The zero-order valence-electron chi connectivity index (χ0n) is 17.1. The molecule has 6 atom stereocenters. The lowest BCUT2D eigenvalue weighted by molar-refractivity contribution is -0.287. The Morgan fingerprint density at radius 3 is 2.27 bits per heavy atom. The lowest BCUT2D eigenvalue weighted by Crippen LogP contribution is -2.59. The maximum absolute atomic E-state index is 12.6. The van der Waals surface area contributed by atoms with E-state index in [1.807, 2.05) is 6.07 Å². The standard InChI is InChI=1S/C20H29NO9/c1-20(2,3)16(21-19(27)29-9-11-7-5-4-6-8-11)18(26)28-10-12-13(22)14(23)15(24)17(25)30-12/h4-8,12-17,22-25H,9-10H2,1-3H3,(H,21,27)/t12?,13?,14?,15?,16-,17?/m0/s1. The minimum Gasteiger partial charge on any atom is -0.461 e. The molecule has 10 nitrogen and oxygen atoms in total. The van der Waals surface area contributed by atoms with Crippen LogP contribution in [0.5, 0.6) is 0 Å². The molecule has 30 heavy (non-hydrogen) atoms. The first-order chi connectivity index (χ1) is 14.0. The summed E-state index contributed by atoms with van der Waals surface area (Å²) in [5.41, 5.74) is 0.0506. The van der Waals surface area contributed by atoms with E-state index >= 15 is 0 Å². The van der Waals surface area contributed by atoms with Gasteiger partial charge in [-0.2, -0.15) is 0 Å². The molecule has 168 valence electrons. The molecule has 1 amide bonds. The summed E-state index contributed by atoms with van der Waals surface area (Å²) in [6, 6.07) is 7.94. The summed E-state index contributed by atoms with van der Waals surface area (Å²) in [5, 5.41) is 41.2. The van der Waals surface area contributed by atoms with E-state index in [1.54, 1.807) is 45.0 Å². The molecule has 0 aliphatic carbocycles. The molecule has 1 aliphatic rings. The highest BCUT2D eigenvalue weighted by atomic mass is 16.7. The number of nitrogens with one attached hydrogen (secondary N) is 1. The van der Waals surface area contributed by atoms with Crippen LogP contribution in [-0.2, 0) is 25.6 Å². The van der Waals surface area contributed by atoms with Crippen LogP contribution in [0.3, 0.4) is 0 Å². The number of aliphatic hydroxyl groups excluding tert-OH is 4. The van der Waals surface area contributed by atoms with Crippen molar-refractivity contribution in [2.45, 2.75) is 64.1 Å². The first-order valence-corrected chi connectivity index (χ1v) is 9.52. The summed E-state index contributed by atoms with van der Waals surface area (Å²) in [4.78, 5) is 24.7. The molecule has 10 heteroatoms. The molecule has 0 radical (unpaired) electrons. The van der Waals surface area contributed by atoms with Crippen LogP contribution in [0.1, 0.15) is 26.3 Å². The molecule has 1 fully saturated rings. The number of carbonyl (C=O) groups excluding carboxylic acids is 2. The number of benzene rings is 1. The van der Waals surface area contributed by atoms with Gasteiger partial charge in [-0.1, -0.05) is 51.1 Å². The number of hydrogen-bond donors (Lipinski definition) is 5. The second kappa shape index (κ2) is 10.2. The molecular weight excluding hydrogens is 398 g/mol. The Labute approximate surface area is 174 Å². The van der Waals surface area contributed by atoms with E-state index in [-0.39, 0.29) is 6.61 Å². The van der Waals surface area contributed by atoms with Crippen molar-refractivity contribution < 1.29 is 44.2 Å². The van der Waals surface area contributed by atoms with Gasteiger partial charge in [0.05, 0.1) is 0 Å². The molecule has 5 N–H and O–H groups in total. The summed E-state index contributed by atoms with van der Waals surface area (Å²) in [6.45, 7) is 4.66. The Kier molecular flexibility index (Phi) is 8.16. The number of esters is 1. The molecule has 0 spiro atoms. The van der Waals surface area contributed by atoms with Gasteiger partial charge in [0.2, 0.25) is 0 Å². The Hall–Kier alpha value is -2.24. The van der Waals surface area contributed by atoms with Crippen LogP contribution in [-0.4, -0.2) is 75.8 Å². The third-order valence-corrected chi connectivity index (χ3v) is 4.65. The molecular formula is C20H29NO9. The highest BCUT2D eigenvalue weighted by Gasteiger charge is 2.44. The topological polar surface area (TPSA) is 155 Å². The molecule has 1 aromatic carbocycles. The second-order valence-corrected chi connectivity index (χ2v) is 8.17. The van der Waals surface area contributed by atoms with Crippen LogP contribution in [0.15, 0.2) is 30.3 Å². The summed E-state index contributed by atoms with van der Waals surface area (Å²) >= 11 is 0. The average molecular weight is 427 g/mol. The molecule has 0 aromatic heterocycles. The third kappa shape index (κ3) is 6.38. The molecule has 0 saturated carbocycles. The number of rotatable bonds is 6. The fourth-order valence-corrected chi connectivity index (χ4v) is 2.83. The number of aliphatic hydroxyl groups is 4. The van der Waals surface area contributed by atoms with E-state index in [2.05, 4.69) is 5.32 Å². The van der Waals surface area contributed by atoms with E-state index in [1.165, 1.54) is 0 Å². The molecule has 0 bridgehead atoms. The molecule has 1 heterocycles. The molecule has 1 aromatic rings. The maximum atomic E-state index is 12.6. The Morgan fingerprint density at radius 2 is 1.67 bits per heavy atom. The summed E-state index contributed by atoms with van der Waals surface area (Å²) in [7, 11) is 0. The molecule has 5 unspecified atom stereocenters. The summed E-state index contributed by atoms with van der Waals surface area (Å²) in [5.74, 6) is -0.815. The van der Waals surface area contributed by atoms with E-state index in [4.69, 9.17) is 14.2 Å². The molecule has 1 saturated heterocycles. The van der Waals surface area contributed by atoms with Gasteiger partial charge in [-0.3, -0.25) is 0 Å². The highest BCUT2D eigenvalue weighted by molar-refractivity contribution is 5.82. The van der Waals surface area contributed by atoms with Gasteiger partial charge in [0.15, 0.2) is 6.29 Å². The predicted molar refractivity (Wildman–Crippen MR) is 103 cm³/mol. The SMILES string of the molecule is CC(C)(C)[C@@H](NC(=O)OCc1ccccc1)C(=O)OCC1OC(O)C(O)C(O)C1O. The number of hydrogen-bond acceptors (Lipinski definition) is 9. The van der Waals surface area contributed by atoms with Crippen LogP contribution in [0.25, 0.3) is 0 Å². The van der Waals surface area contributed by atoms with E-state index < -0.39 is 60.8 Å². The minimum atomic E-state index is -1.74. The Bertz CT molecular complexity index is 706. The van der Waals surface area contributed by atoms with Gasteiger partial charge in [0.1, 0.15) is 43.7 Å². The number of carbonyl (C=O) groups is 2. The second-order valence-electron chi connectivity index (χ2n) is 8.17. The van der Waals surface area contributed by atoms with Crippen molar-refractivity contribution in [3.05, 3.63) is 35.9 Å². The van der Waals surface area contributed by atoms with E-state index in [0.717, 1.165) is 5.56 Å². The lowest BCUT2D eigenvalue weighted by atomic mass is 9.87. The van der Waals surface area contributed by atoms with Crippen LogP contribution < -0.4 is 5.32 Å². The number of alkyl carbamates (subject to hydrolysis) is 1. The van der Waals surface area contributed by atoms with Crippen molar-refractivity contribution in [2.75, 3.05) is 6.61 Å². The van der Waals surface area contributed by atoms with Crippen molar-refractivity contribution in [3.63, 3.8) is 0 Å². The van der Waals surface area contributed by atoms with Gasteiger partial charge < -0.3 is 40.0 Å². The lowest BCUT2D eigenvalue weighted by Gasteiger charge is -2.38. The molecule has 2 rings (SSSR count). The predicted octanol–water partition coefficient (Wildman–Crippen LogP) is -0.329. The van der Waals surface area contributed by atoms with Gasteiger partial charge in [-0.15, -0.1) is 0 Å². The summed E-state index contributed by atoms with van der Waals surface area (Å²) < 4.78 is 15.2. The van der Waals surface area contributed by atoms with Gasteiger partial charge in [-0.25, -0.2) is 9.59 Å². The quantitative estimate of drug-likeness (QED) is 0.384. The van der Waals surface area contributed by atoms with Gasteiger partial charge >= 0.3 is 12.1 Å². The van der Waals surface area contributed by atoms with Crippen LogP contribution in [0.2, 0.25) is 0 Å². The van der Waals surface area contributed by atoms with Crippen molar-refractivity contribution >= 4 is 12.1 Å². The monoisotopic (exact) mass is 427 g/mol. The average Bonchev–Trinajstić information content (AvgIpc) is 2.70. The van der Waals surface area contributed by atoms with Crippen molar-refractivity contribution in [2.24, 2.45) is 5.41 Å². The van der Waals surface area contributed by atoms with Gasteiger partial charge in [-0.05, 0) is 11.0 Å². The highest BCUT2D eigenvalue weighted by Crippen LogP contribution is 2.23. The maximum Gasteiger partial charge on any atom is 0.408 e. The minimum absolute atomic E-state index is 0.0266. The third-order valence-electron chi connectivity index (χ3n) is 4.65. The Morgan fingerprint density at radius 1 is 1.03 bits per heavy atom. The van der Waals surface area contributed by atoms with Crippen molar-refractivity contribution in [1.29, 1.82) is 0 Å².